The van der Waals surface area contributed by atoms with Gasteiger partial charge in [-0.15, -0.1) is 0 Å². The van der Waals surface area contributed by atoms with Crippen LogP contribution in [0.2, 0.25) is 5.02 Å². The van der Waals surface area contributed by atoms with E-state index >= 15 is 0 Å². The number of phenols is 1. The zero-order chi connectivity index (χ0) is 15.0. The largest absolute Gasteiger partial charge is 0.508 e. The van der Waals surface area contributed by atoms with E-state index < -0.39 is 0 Å². The third-order valence-corrected chi connectivity index (χ3v) is 4.28. The molecule has 21 heavy (non-hydrogen) atoms. The molecule has 0 radical (unpaired) electrons. The third-order valence-electron chi connectivity index (χ3n) is 3.97. The fraction of sp³-hybridized carbons (Fsp3) is 0.294. The van der Waals surface area contributed by atoms with Gasteiger partial charge in [-0.05, 0) is 54.3 Å². The molecule has 0 heterocycles. The number of aromatic hydroxyl groups is 1. The van der Waals surface area contributed by atoms with Crippen molar-refractivity contribution in [2.24, 2.45) is 0 Å². The van der Waals surface area contributed by atoms with Crippen LogP contribution in [0.1, 0.15) is 23.6 Å². The molecule has 3 nitrogen and oxygen atoms in total. The van der Waals surface area contributed by atoms with Crippen LogP contribution in [0.5, 0.6) is 5.75 Å². The van der Waals surface area contributed by atoms with Gasteiger partial charge in [-0.1, -0.05) is 17.7 Å². The molecule has 2 N–H and O–H groups in total. The van der Waals surface area contributed by atoms with E-state index in [1.54, 1.807) is 6.07 Å². The number of hydrogen-bond donors (Lipinski definition) is 2. The van der Waals surface area contributed by atoms with E-state index in [4.69, 9.17) is 11.6 Å². The first-order valence-corrected chi connectivity index (χ1v) is 7.47. The molecule has 2 aromatic carbocycles. The number of anilines is 2. The summed E-state index contributed by atoms with van der Waals surface area (Å²) >= 11 is 6.32. The molecular formula is C17H19ClN2O. The first-order valence-electron chi connectivity index (χ1n) is 7.10. The second-order valence-corrected chi connectivity index (χ2v) is 6.09. The van der Waals surface area contributed by atoms with Gasteiger partial charge in [-0.2, -0.15) is 0 Å². The molecule has 1 atom stereocenters. The summed E-state index contributed by atoms with van der Waals surface area (Å²) in [6.45, 7) is 0. The Morgan fingerprint density at radius 3 is 2.71 bits per heavy atom. The Morgan fingerprint density at radius 1 is 1.19 bits per heavy atom. The highest BCUT2D eigenvalue weighted by Crippen LogP contribution is 2.36. The van der Waals surface area contributed by atoms with Crippen LogP contribution in [0.3, 0.4) is 0 Å². The van der Waals surface area contributed by atoms with Crippen molar-refractivity contribution in [1.82, 2.24) is 0 Å². The van der Waals surface area contributed by atoms with Gasteiger partial charge in [-0.25, -0.2) is 0 Å². The fourth-order valence-electron chi connectivity index (χ4n) is 2.91. The number of rotatable bonds is 3. The van der Waals surface area contributed by atoms with Gasteiger partial charge in [0.05, 0.1) is 16.8 Å². The molecule has 0 spiro atoms. The minimum absolute atomic E-state index is 0.280. The zero-order valence-electron chi connectivity index (χ0n) is 12.2. The maximum atomic E-state index is 9.55. The first-order chi connectivity index (χ1) is 10.0. The minimum atomic E-state index is 0.280. The summed E-state index contributed by atoms with van der Waals surface area (Å²) in [5.74, 6) is 0.341. The summed E-state index contributed by atoms with van der Waals surface area (Å²) in [7, 11) is 3.96. The van der Waals surface area contributed by atoms with Crippen LogP contribution in [0, 0.1) is 0 Å². The number of halogens is 1. The summed E-state index contributed by atoms with van der Waals surface area (Å²) in [6.07, 6.45) is 2.02. The molecule has 0 fully saturated rings. The van der Waals surface area contributed by atoms with Crippen molar-refractivity contribution in [2.75, 3.05) is 24.3 Å². The van der Waals surface area contributed by atoms with Crippen molar-refractivity contribution in [3.05, 3.63) is 52.5 Å². The monoisotopic (exact) mass is 302 g/mol. The number of benzene rings is 2. The lowest BCUT2D eigenvalue weighted by atomic mass is 10.1. The lowest BCUT2D eigenvalue weighted by molar-refractivity contribution is 0.474. The number of fused-ring (bicyclic) bond motifs is 1. The highest BCUT2D eigenvalue weighted by Gasteiger charge is 2.22. The predicted octanol–water partition coefficient (Wildman–Crippen LogP) is 4.21. The highest BCUT2D eigenvalue weighted by atomic mass is 35.5. The van der Waals surface area contributed by atoms with Crippen molar-refractivity contribution >= 4 is 23.0 Å². The van der Waals surface area contributed by atoms with Crippen LogP contribution in [-0.2, 0) is 6.42 Å². The van der Waals surface area contributed by atoms with E-state index in [-0.39, 0.29) is 6.04 Å². The second kappa shape index (κ2) is 5.49. The van der Waals surface area contributed by atoms with Gasteiger partial charge in [0.1, 0.15) is 5.75 Å². The van der Waals surface area contributed by atoms with E-state index in [9.17, 15) is 5.11 Å². The normalized spacial score (nSPS) is 16.6. The summed E-state index contributed by atoms with van der Waals surface area (Å²) in [5, 5.41) is 13.8. The van der Waals surface area contributed by atoms with Crippen molar-refractivity contribution in [1.29, 1.82) is 0 Å². The van der Waals surface area contributed by atoms with Crippen LogP contribution < -0.4 is 10.2 Å². The lowest BCUT2D eigenvalue weighted by Crippen LogP contribution is -2.10. The number of phenolic OH excluding ortho intramolecular Hbond substituents is 1. The van der Waals surface area contributed by atoms with Gasteiger partial charge >= 0.3 is 0 Å². The van der Waals surface area contributed by atoms with Gasteiger partial charge in [-0.3, -0.25) is 0 Å². The SMILES string of the molecule is CN(C)c1ccc(NC2CCc3cc(O)ccc32)cc1Cl. The van der Waals surface area contributed by atoms with Gasteiger partial charge < -0.3 is 15.3 Å². The number of nitrogens with zero attached hydrogens (tertiary/aromatic N) is 1. The van der Waals surface area contributed by atoms with Crippen LogP contribution in [0.15, 0.2) is 36.4 Å². The molecule has 0 saturated carbocycles. The van der Waals surface area contributed by atoms with Crippen LogP contribution in [0.4, 0.5) is 11.4 Å². The molecule has 2 aromatic rings. The second-order valence-electron chi connectivity index (χ2n) is 5.68. The Kier molecular flexibility index (Phi) is 3.68. The van der Waals surface area contributed by atoms with E-state index in [1.165, 1.54) is 11.1 Å². The van der Waals surface area contributed by atoms with Gasteiger partial charge in [0.25, 0.3) is 0 Å². The van der Waals surface area contributed by atoms with Crippen LogP contribution in [-0.4, -0.2) is 19.2 Å². The van der Waals surface area contributed by atoms with Crippen molar-refractivity contribution in [2.45, 2.75) is 18.9 Å². The highest BCUT2D eigenvalue weighted by molar-refractivity contribution is 6.33. The molecule has 0 aliphatic heterocycles. The summed E-state index contributed by atoms with van der Waals surface area (Å²) in [4.78, 5) is 2.00. The Morgan fingerprint density at radius 2 is 2.00 bits per heavy atom. The Bertz CT molecular complexity index is 670. The van der Waals surface area contributed by atoms with Crippen LogP contribution >= 0.6 is 11.6 Å². The molecule has 0 bridgehead atoms. The lowest BCUT2D eigenvalue weighted by Gasteiger charge is -2.19. The molecule has 3 rings (SSSR count). The van der Waals surface area contributed by atoms with E-state index in [1.807, 2.05) is 43.3 Å². The average Bonchev–Trinajstić information content (AvgIpc) is 2.80. The number of nitrogens with one attached hydrogen (secondary N) is 1. The van der Waals surface area contributed by atoms with Gasteiger partial charge in [0.15, 0.2) is 0 Å². The van der Waals surface area contributed by atoms with Crippen molar-refractivity contribution in [3.8, 4) is 5.75 Å². The van der Waals surface area contributed by atoms with Crippen LogP contribution in [0.25, 0.3) is 0 Å². The van der Waals surface area contributed by atoms with E-state index in [2.05, 4.69) is 11.4 Å². The molecule has 4 heteroatoms. The molecule has 1 unspecified atom stereocenters. The Hall–Kier alpha value is -1.87. The minimum Gasteiger partial charge on any atom is -0.508 e. The van der Waals surface area contributed by atoms with Crippen molar-refractivity contribution in [3.63, 3.8) is 0 Å². The summed E-state index contributed by atoms with van der Waals surface area (Å²) in [5.41, 5.74) is 4.53. The molecular weight excluding hydrogens is 284 g/mol. The maximum Gasteiger partial charge on any atom is 0.115 e. The topological polar surface area (TPSA) is 35.5 Å². The van der Waals surface area contributed by atoms with E-state index in [0.717, 1.165) is 29.2 Å². The smallest absolute Gasteiger partial charge is 0.115 e. The fourth-order valence-corrected chi connectivity index (χ4v) is 3.26. The molecule has 0 aromatic heterocycles. The molecule has 1 aliphatic rings. The zero-order valence-corrected chi connectivity index (χ0v) is 13.0. The first kappa shape index (κ1) is 14.1. The number of aryl methyl sites for hydroxylation is 1. The predicted molar refractivity (Wildman–Crippen MR) is 88.6 cm³/mol. The van der Waals surface area contributed by atoms with Gasteiger partial charge in [0.2, 0.25) is 0 Å². The summed E-state index contributed by atoms with van der Waals surface area (Å²) in [6, 6.07) is 11.9. The van der Waals surface area contributed by atoms with E-state index in [0.29, 0.717) is 5.75 Å². The standard InChI is InChI=1S/C17H19ClN2O/c1-20(2)17-8-4-12(10-15(17)18)19-16-7-3-11-9-13(21)5-6-14(11)16/h4-6,8-10,16,19,21H,3,7H2,1-2H3. The quantitative estimate of drug-likeness (QED) is 0.891. The third kappa shape index (κ3) is 2.79. The van der Waals surface area contributed by atoms with Crippen molar-refractivity contribution < 1.29 is 5.11 Å². The molecule has 0 amide bonds. The summed E-state index contributed by atoms with van der Waals surface area (Å²) < 4.78 is 0. The molecule has 1 aliphatic carbocycles. The maximum absolute atomic E-state index is 9.55. The molecule has 0 saturated heterocycles. The van der Waals surface area contributed by atoms with Gasteiger partial charge in [0, 0.05) is 19.8 Å². The number of hydrogen-bond acceptors (Lipinski definition) is 3. The Labute approximate surface area is 130 Å². The average molecular weight is 303 g/mol. The Balaban J connectivity index is 1.81. The molecule has 110 valence electrons.